The standard InChI is InChI=1S/C56H92O29/c1-19-7-10-56(75-17-19)20(2)31-45(85-56)37(67)32-22-6-5-21-11-26(24(61)12-55(21,4)23(22)8-9-54(31,32)3)76-50-42(72)39(69)44(30(16-60)80-50)81-53-48(47(36(66)29(15-59)79-53)83-49-40(70)33(63)25(62)18-74-49)84-52-43(73)46(35(65)28(14-58)78-52)82-51-41(71)38(68)34(64)27(13-57)77-51/h19-53,57-73H,5-18H2,1-4H3/t19-,20+,21?,22?,23?,24-,25?,26-,27?,28?,29?,30?,31+,32?,33?,34?,35?,36?,37+,38?,39?,40?,41?,42?,43?,44?,45-,46?,47?,48?,49?,50?,51?,52?,53?,54-,55+,56?/m1/s1. The van der Waals surface area contributed by atoms with Crippen LogP contribution in [0.3, 0.4) is 0 Å². The molecule has 4 aliphatic carbocycles. The molecule has 29 nitrogen and oxygen atoms in total. The number of aliphatic hydroxyl groups is 17. The summed E-state index contributed by atoms with van der Waals surface area (Å²) in [6.07, 6.45) is -42.5. The lowest BCUT2D eigenvalue weighted by Crippen LogP contribution is -2.69. The second kappa shape index (κ2) is 25.4. The maximum atomic E-state index is 12.3. The van der Waals surface area contributed by atoms with Crippen molar-refractivity contribution in [1.82, 2.24) is 0 Å². The van der Waals surface area contributed by atoms with Crippen LogP contribution < -0.4 is 0 Å². The van der Waals surface area contributed by atoms with E-state index in [1.54, 1.807) is 0 Å². The average molecular weight is 1230 g/mol. The van der Waals surface area contributed by atoms with Crippen molar-refractivity contribution in [2.45, 2.75) is 257 Å². The molecule has 490 valence electrons. The number of rotatable bonds is 14. The summed E-state index contributed by atoms with van der Waals surface area (Å²) in [5, 5.41) is 188. The van der Waals surface area contributed by atoms with Gasteiger partial charge < -0.3 is 144 Å². The van der Waals surface area contributed by atoms with Gasteiger partial charge in [-0.1, -0.05) is 27.7 Å². The van der Waals surface area contributed by atoms with E-state index in [-0.39, 0.29) is 52.4 Å². The third-order valence-corrected chi connectivity index (χ3v) is 22.2. The fraction of sp³-hybridized carbons (Fsp3) is 1.00. The predicted octanol–water partition coefficient (Wildman–Crippen LogP) is -6.50. The third-order valence-electron chi connectivity index (χ3n) is 22.2. The van der Waals surface area contributed by atoms with Crippen LogP contribution in [0.1, 0.15) is 79.1 Å². The van der Waals surface area contributed by atoms with Crippen molar-refractivity contribution < 1.29 is 144 Å². The number of ether oxygens (including phenoxy) is 12. The molecule has 85 heavy (non-hydrogen) atoms. The van der Waals surface area contributed by atoms with E-state index < -0.39 is 205 Å². The van der Waals surface area contributed by atoms with E-state index in [2.05, 4.69) is 27.7 Å². The van der Waals surface area contributed by atoms with Crippen LogP contribution in [0.4, 0.5) is 0 Å². The van der Waals surface area contributed by atoms with Crippen molar-refractivity contribution in [2.24, 2.45) is 52.3 Å². The number of aliphatic hydroxyl groups excluding tert-OH is 17. The van der Waals surface area contributed by atoms with Gasteiger partial charge in [0, 0.05) is 18.3 Å². The zero-order chi connectivity index (χ0) is 61.1. The van der Waals surface area contributed by atoms with E-state index in [9.17, 15) is 86.8 Å². The smallest absolute Gasteiger partial charge is 0.187 e. The molecule has 4 saturated carbocycles. The van der Waals surface area contributed by atoms with Gasteiger partial charge >= 0.3 is 0 Å². The first-order valence-corrected chi connectivity index (χ1v) is 30.5. The second-order valence-electron chi connectivity index (χ2n) is 26.9. The summed E-state index contributed by atoms with van der Waals surface area (Å²) in [5.41, 5.74) is -0.531. The Labute approximate surface area is 491 Å². The first kappa shape index (κ1) is 65.3. The maximum Gasteiger partial charge on any atom is 0.187 e. The number of hydrogen-bond acceptors (Lipinski definition) is 29. The highest BCUT2D eigenvalue weighted by Crippen LogP contribution is 2.71. The van der Waals surface area contributed by atoms with Gasteiger partial charge in [0.2, 0.25) is 0 Å². The van der Waals surface area contributed by atoms with Crippen molar-refractivity contribution in [3.05, 3.63) is 0 Å². The Hall–Kier alpha value is -1.16. The molecule has 0 bridgehead atoms. The van der Waals surface area contributed by atoms with Crippen LogP contribution in [-0.2, 0) is 56.8 Å². The molecular weight excluding hydrogens is 1140 g/mol. The van der Waals surface area contributed by atoms with Crippen LogP contribution in [0.25, 0.3) is 0 Å². The zero-order valence-electron chi connectivity index (χ0n) is 48.1. The summed E-state index contributed by atoms with van der Waals surface area (Å²) in [6, 6.07) is 0. The van der Waals surface area contributed by atoms with Crippen LogP contribution >= 0.6 is 0 Å². The predicted molar refractivity (Wildman–Crippen MR) is 278 cm³/mol. The summed E-state index contributed by atoms with van der Waals surface area (Å²) in [5.74, 6) is 0.388. The molecule has 29 heteroatoms. The Morgan fingerprint density at radius 2 is 1.01 bits per heavy atom. The SMILES string of the molecule is C[C@@H]1CCC2(OC1)O[C@@H]1[C@H]([C@@H]2C)[C@@]2(C)CCC3C(CCC4C[C@@H](OC5OC(CO)C(OC6OC(CO)C(O)C(OC7OCC(O)C(O)C7O)C6OC6OC(CO)C(O)C(OC7OC(CO)C(O)C(O)C7O)C6O)C(O)C5O)[C@H](O)C[C@@]43C)C2[C@@H]1O. The Bertz CT molecular complexity index is 2220. The third kappa shape index (κ3) is 11.3. The van der Waals surface area contributed by atoms with Crippen molar-refractivity contribution in [3.63, 3.8) is 0 Å². The van der Waals surface area contributed by atoms with Crippen LogP contribution in [0.15, 0.2) is 0 Å². The lowest BCUT2D eigenvalue weighted by molar-refractivity contribution is -0.410. The molecule has 29 unspecified atom stereocenters. The molecular formula is C56H92O29. The molecule has 11 aliphatic rings. The van der Waals surface area contributed by atoms with Crippen molar-refractivity contribution in [1.29, 1.82) is 0 Å². The van der Waals surface area contributed by atoms with E-state index in [4.69, 9.17) is 56.8 Å². The minimum Gasteiger partial charge on any atom is -0.394 e. The van der Waals surface area contributed by atoms with Gasteiger partial charge in [0.1, 0.15) is 116 Å². The normalized spacial score (nSPS) is 58.1. The van der Waals surface area contributed by atoms with E-state index in [0.29, 0.717) is 25.4 Å². The van der Waals surface area contributed by atoms with Gasteiger partial charge in [-0.2, -0.15) is 0 Å². The van der Waals surface area contributed by atoms with Crippen molar-refractivity contribution in [2.75, 3.05) is 39.6 Å². The van der Waals surface area contributed by atoms with Crippen LogP contribution in [0, 0.1) is 52.3 Å². The summed E-state index contributed by atoms with van der Waals surface area (Å²) < 4.78 is 72.8. The van der Waals surface area contributed by atoms with Gasteiger partial charge in [-0.3, -0.25) is 0 Å². The topological polar surface area (TPSA) is 455 Å². The van der Waals surface area contributed by atoms with E-state index in [1.165, 1.54) is 0 Å². The Balaban J connectivity index is 0.797. The molecule has 1 spiro atoms. The minimum atomic E-state index is -2.21. The Morgan fingerprint density at radius 1 is 0.447 bits per heavy atom. The number of hydrogen-bond donors (Lipinski definition) is 17. The average Bonchev–Trinajstić information content (AvgIpc) is 1.60. The first-order chi connectivity index (χ1) is 40.3. The summed E-state index contributed by atoms with van der Waals surface area (Å²) >= 11 is 0. The van der Waals surface area contributed by atoms with Gasteiger partial charge in [-0.25, -0.2) is 0 Å². The van der Waals surface area contributed by atoms with Crippen molar-refractivity contribution >= 4 is 0 Å². The minimum absolute atomic E-state index is 0.00749. The Kier molecular flexibility index (Phi) is 19.5. The molecule has 7 heterocycles. The molecule has 0 aromatic rings. The quantitative estimate of drug-likeness (QED) is 0.0719. The van der Waals surface area contributed by atoms with Gasteiger partial charge in [-0.05, 0) is 85.4 Å². The number of fused-ring (bicyclic) bond motifs is 7. The maximum absolute atomic E-state index is 12.3. The lowest BCUT2D eigenvalue weighted by Gasteiger charge is -2.62. The summed E-state index contributed by atoms with van der Waals surface area (Å²) in [7, 11) is 0. The fourth-order valence-corrected chi connectivity index (χ4v) is 17.4. The van der Waals surface area contributed by atoms with Gasteiger partial charge in [0.15, 0.2) is 37.2 Å². The largest absolute Gasteiger partial charge is 0.394 e. The van der Waals surface area contributed by atoms with E-state index in [0.717, 1.165) is 38.5 Å². The van der Waals surface area contributed by atoms with Crippen molar-refractivity contribution in [3.8, 4) is 0 Å². The molecule has 17 N–H and O–H groups in total. The molecule has 0 radical (unpaired) electrons. The second-order valence-corrected chi connectivity index (χ2v) is 26.9. The highest BCUT2D eigenvalue weighted by Gasteiger charge is 2.73. The molecule has 7 aliphatic heterocycles. The van der Waals surface area contributed by atoms with Gasteiger partial charge in [-0.15, -0.1) is 0 Å². The molecule has 0 aromatic carbocycles. The fourth-order valence-electron chi connectivity index (χ4n) is 17.4. The lowest BCUT2D eigenvalue weighted by atomic mass is 9.44. The first-order valence-electron chi connectivity index (χ1n) is 30.5. The molecule has 11 rings (SSSR count). The van der Waals surface area contributed by atoms with Crippen LogP contribution in [0.2, 0.25) is 0 Å². The zero-order valence-corrected chi connectivity index (χ0v) is 48.1. The summed E-state index contributed by atoms with van der Waals surface area (Å²) in [4.78, 5) is 0. The molecule has 0 amide bonds. The van der Waals surface area contributed by atoms with E-state index in [1.807, 2.05) is 0 Å². The van der Waals surface area contributed by atoms with E-state index >= 15 is 0 Å². The highest BCUT2D eigenvalue weighted by molar-refractivity contribution is 5.19. The monoisotopic (exact) mass is 1230 g/mol. The summed E-state index contributed by atoms with van der Waals surface area (Å²) in [6.45, 7) is 5.21. The van der Waals surface area contributed by atoms with Crippen LogP contribution in [-0.4, -0.2) is 304 Å². The highest BCUT2D eigenvalue weighted by atomic mass is 16.8. The molecule has 11 fully saturated rings. The Morgan fingerprint density at radius 3 is 1.67 bits per heavy atom. The molecule has 38 atom stereocenters. The van der Waals surface area contributed by atoms with Crippen LogP contribution in [0.5, 0.6) is 0 Å². The van der Waals surface area contributed by atoms with Gasteiger partial charge in [0.25, 0.3) is 0 Å². The molecule has 0 aromatic heterocycles. The van der Waals surface area contributed by atoms with Gasteiger partial charge in [0.05, 0.1) is 64.1 Å². The molecule has 7 saturated heterocycles.